The fourth-order valence-electron chi connectivity index (χ4n) is 4.34. The van der Waals surface area contributed by atoms with Gasteiger partial charge in [0.15, 0.2) is 0 Å². The van der Waals surface area contributed by atoms with Gasteiger partial charge in [0.05, 0.1) is 11.2 Å². The molecular formula is C20H36N2O4. The van der Waals surface area contributed by atoms with Crippen LogP contribution in [-0.4, -0.2) is 71.2 Å². The predicted octanol–water partition coefficient (Wildman–Crippen LogP) is 2.60. The first-order valence-corrected chi connectivity index (χ1v) is 9.83. The highest BCUT2D eigenvalue weighted by Gasteiger charge is 2.36. The van der Waals surface area contributed by atoms with Gasteiger partial charge in [0.25, 0.3) is 0 Å². The number of carbonyl (C=O) groups is 2. The van der Waals surface area contributed by atoms with Gasteiger partial charge in [-0.05, 0) is 53.4 Å². The van der Waals surface area contributed by atoms with Crippen molar-refractivity contribution in [1.29, 1.82) is 0 Å². The van der Waals surface area contributed by atoms with Crippen LogP contribution in [0.3, 0.4) is 0 Å². The first-order chi connectivity index (χ1) is 12.0. The van der Waals surface area contributed by atoms with E-state index in [1.165, 1.54) is 0 Å². The highest BCUT2D eigenvalue weighted by molar-refractivity contribution is 5.75. The van der Waals surface area contributed by atoms with Crippen LogP contribution in [-0.2, 0) is 19.1 Å². The molecule has 6 nitrogen and oxygen atoms in total. The van der Waals surface area contributed by atoms with Crippen LogP contribution in [0.2, 0.25) is 0 Å². The lowest BCUT2D eigenvalue weighted by Gasteiger charge is -2.44. The monoisotopic (exact) mass is 368 g/mol. The molecule has 0 aliphatic carbocycles. The van der Waals surface area contributed by atoms with Gasteiger partial charge >= 0.3 is 0 Å². The molecule has 0 spiro atoms. The fraction of sp³-hybridized carbons (Fsp3) is 0.900. The van der Waals surface area contributed by atoms with Gasteiger partial charge in [-0.25, -0.2) is 0 Å². The molecule has 0 saturated carbocycles. The first-order valence-electron chi connectivity index (χ1n) is 9.83. The van der Waals surface area contributed by atoms with E-state index in [-0.39, 0.29) is 35.1 Å². The average Bonchev–Trinajstić information content (AvgIpc) is 2.48. The molecule has 2 fully saturated rings. The summed E-state index contributed by atoms with van der Waals surface area (Å²) in [5.74, 6) is 0.145. The minimum absolute atomic E-state index is 0.0727. The maximum absolute atomic E-state index is 12.3. The Morgan fingerprint density at radius 2 is 1.15 bits per heavy atom. The zero-order valence-electron chi connectivity index (χ0n) is 17.3. The van der Waals surface area contributed by atoms with Gasteiger partial charge in [-0.2, -0.15) is 0 Å². The zero-order chi connectivity index (χ0) is 19.5. The summed E-state index contributed by atoms with van der Waals surface area (Å²) >= 11 is 0. The second-order valence-electron chi connectivity index (χ2n) is 8.93. The Bertz CT molecular complexity index is 472. The summed E-state index contributed by atoms with van der Waals surface area (Å²) in [5, 5.41) is 0. The van der Waals surface area contributed by atoms with Crippen molar-refractivity contribution < 1.29 is 19.1 Å². The molecule has 2 atom stereocenters. The Hall–Kier alpha value is -1.14. The Kier molecular flexibility index (Phi) is 6.72. The molecule has 0 aromatic heterocycles. The highest BCUT2D eigenvalue weighted by atomic mass is 16.5. The summed E-state index contributed by atoms with van der Waals surface area (Å²) in [4.78, 5) is 28.4. The molecule has 2 aliphatic heterocycles. The Labute approximate surface area is 158 Å². The zero-order valence-corrected chi connectivity index (χ0v) is 17.3. The largest absolute Gasteiger partial charge is 0.375 e. The maximum atomic E-state index is 12.3. The Morgan fingerprint density at radius 3 is 1.42 bits per heavy atom. The molecule has 0 aromatic carbocycles. The van der Waals surface area contributed by atoms with Gasteiger partial charge in [-0.15, -0.1) is 0 Å². The number of rotatable bonds is 5. The van der Waals surface area contributed by atoms with E-state index in [0.717, 1.165) is 25.7 Å². The quantitative estimate of drug-likeness (QED) is 0.748. The van der Waals surface area contributed by atoms with Crippen LogP contribution in [0.25, 0.3) is 0 Å². The minimum Gasteiger partial charge on any atom is -0.375 e. The average molecular weight is 369 g/mol. The molecule has 26 heavy (non-hydrogen) atoms. The van der Waals surface area contributed by atoms with E-state index in [9.17, 15) is 9.59 Å². The molecule has 6 heteroatoms. The van der Waals surface area contributed by atoms with Crippen molar-refractivity contribution in [3.05, 3.63) is 0 Å². The van der Waals surface area contributed by atoms with E-state index in [1.807, 2.05) is 9.80 Å². The van der Waals surface area contributed by atoms with Crippen LogP contribution in [0.4, 0.5) is 0 Å². The summed E-state index contributed by atoms with van der Waals surface area (Å²) in [6, 6.07) is 0.354. The van der Waals surface area contributed by atoms with Crippen molar-refractivity contribution in [2.75, 3.05) is 26.3 Å². The Morgan fingerprint density at radius 1 is 0.808 bits per heavy atom. The van der Waals surface area contributed by atoms with Crippen LogP contribution in [0, 0.1) is 0 Å². The second-order valence-corrected chi connectivity index (χ2v) is 8.93. The van der Waals surface area contributed by atoms with Crippen molar-refractivity contribution in [1.82, 2.24) is 9.80 Å². The third kappa shape index (κ3) is 5.68. The number of nitrogens with zero attached hydrogens (tertiary/aromatic N) is 2. The van der Waals surface area contributed by atoms with Gasteiger partial charge in [0.2, 0.25) is 11.8 Å². The molecule has 0 unspecified atom stereocenters. The molecule has 0 N–H and O–H groups in total. The van der Waals surface area contributed by atoms with Gasteiger partial charge < -0.3 is 19.3 Å². The number of ether oxygens (including phenoxy) is 2. The number of amides is 2. The molecule has 150 valence electrons. The highest BCUT2D eigenvalue weighted by Crippen LogP contribution is 2.29. The van der Waals surface area contributed by atoms with Crippen molar-refractivity contribution in [3.63, 3.8) is 0 Å². The summed E-state index contributed by atoms with van der Waals surface area (Å²) in [6.45, 7) is 14.0. The van der Waals surface area contributed by atoms with Crippen molar-refractivity contribution in [3.8, 4) is 0 Å². The maximum Gasteiger partial charge on any atom is 0.219 e. The van der Waals surface area contributed by atoms with E-state index in [0.29, 0.717) is 26.3 Å². The normalized spacial score (nSPS) is 27.6. The lowest BCUT2D eigenvalue weighted by Crippen LogP contribution is -2.53. The summed E-state index contributed by atoms with van der Waals surface area (Å²) in [5.41, 5.74) is -0.413. The van der Waals surface area contributed by atoms with E-state index < -0.39 is 0 Å². The standard InChI is InChI=1S/C20H36N2O4/c1-15(23)21(17-7-11-25-19(3,4)13-17)9-10-22(16(2)24)18-8-12-26-20(5,6)14-18/h17-18H,7-14H2,1-6H3/t17-,18+. The molecule has 2 amide bonds. The minimum atomic E-state index is -0.207. The molecule has 2 rings (SSSR count). The summed E-state index contributed by atoms with van der Waals surface area (Å²) in [7, 11) is 0. The van der Waals surface area contributed by atoms with Crippen molar-refractivity contribution >= 4 is 11.8 Å². The predicted molar refractivity (Wildman–Crippen MR) is 101 cm³/mol. The van der Waals surface area contributed by atoms with Crippen LogP contribution in [0.5, 0.6) is 0 Å². The third-order valence-electron chi connectivity index (χ3n) is 5.61. The van der Waals surface area contributed by atoms with Crippen molar-refractivity contribution in [2.24, 2.45) is 0 Å². The van der Waals surface area contributed by atoms with E-state index >= 15 is 0 Å². The van der Waals surface area contributed by atoms with E-state index in [2.05, 4.69) is 27.7 Å². The number of carbonyl (C=O) groups excluding carboxylic acids is 2. The van der Waals surface area contributed by atoms with Gasteiger partial charge in [0.1, 0.15) is 0 Å². The fourth-order valence-corrected chi connectivity index (χ4v) is 4.34. The van der Waals surface area contributed by atoms with E-state index in [1.54, 1.807) is 13.8 Å². The van der Waals surface area contributed by atoms with Crippen molar-refractivity contribution in [2.45, 2.75) is 90.5 Å². The topological polar surface area (TPSA) is 59.1 Å². The van der Waals surface area contributed by atoms with Crippen LogP contribution >= 0.6 is 0 Å². The Balaban J connectivity index is 2.03. The summed E-state index contributed by atoms with van der Waals surface area (Å²) < 4.78 is 11.6. The molecular weight excluding hydrogens is 332 g/mol. The third-order valence-corrected chi connectivity index (χ3v) is 5.61. The molecule has 2 aliphatic rings. The molecule has 0 bridgehead atoms. The molecule has 2 saturated heterocycles. The van der Waals surface area contributed by atoms with E-state index in [4.69, 9.17) is 9.47 Å². The number of hydrogen-bond acceptors (Lipinski definition) is 4. The smallest absolute Gasteiger partial charge is 0.219 e. The second kappa shape index (κ2) is 8.26. The summed E-state index contributed by atoms with van der Waals surface area (Å²) in [6.07, 6.45) is 3.37. The SMILES string of the molecule is CC(=O)N(CCN(C(C)=O)[C@H]1CCOC(C)(C)C1)[C@@H]1CCOC(C)(C)C1. The molecule has 0 aromatic rings. The van der Waals surface area contributed by atoms with Gasteiger partial charge in [-0.1, -0.05) is 0 Å². The van der Waals surface area contributed by atoms with Gasteiger partial charge in [0, 0.05) is 52.2 Å². The number of hydrogen-bond donors (Lipinski definition) is 0. The van der Waals surface area contributed by atoms with Crippen LogP contribution in [0.15, 0.2) is 0 Å². The lowest BCUT2D eigenvalue weighted by molar-refractivity contribution is -0.144. The molecule has 0 radical (unpaired) electrons. The lowest BCUT2D eigenvalue weighted by atomic mass is 9.92. The first kappa shape index (κ1) is 21.2. The molecule has 2 heterocycles. The van der Waals surface area contributed by atoms with Gasteiger partial charge in [-0.3, -0.25) is 9.59 Å². The van der Waals surface area contributed by atoms with Crippen LogP contribution in [0.1, 0.15) is 67.2 Å². The van der Waals surface area contributed by atoms with Crippen LogP contribution < -0.4 is 0 Å².